The zero-order valence-corrected chi connectivity index (χ0v) is 11.1. The molecule has 2 aromatic rings. The number of fused-ring (bicyclic) bond motifs is 1. The molecule has 0 amide bonds. The molecule has 3 heteroatoms. The first kappa shape index (κ1) is 12.7. The number of carbonyl (C=O) groups is 1. The number of unbranched alkanes of at least 4 members (excludes halogenated alkanes) is 2. The molecule has 0 aliphatic rings. The number of hydrogen-bond donors (Lipinski definition) is 1. The monoisotopic (exact) mass is 244 g/mol. The van der Waals surface area contributed by atoms with Gasteiger partial charge in [-0.1, -0.05) is 38.0 Å². The molecule has 1 aromatic carbocycles. The summed E-state index contributed by atoms with van der Waals surface area (Å²) < 4.78 is 0. The van der Waals surface area contributed by atoms with Gasteiger partial charge in [0.1, 0.15) is 5.82 Å². The Balaban J connectivity index is 2.29. The van der Waals surface area contributed by atoms with E-state index in [0.717, 1.165) is 41.5 Å². The van der Waals surface area contributed by atoms with E-state index >= 15 is 0 Å². The molecule has 18 heavy (non-hydrogen) atoms. The number of para-hydroxylation sites is 1. The summed E-state index contributed by atoms with van der Waals surface area (Å²) in [5.41, 5.74) is 1.79. The van der Waals surface area contributed by atoms with Crippen molar-refractivity contribution in [3.8, 4) is 0 Å². The third kappa shape index (κ3) is 2.40. The Morgan fingerprint density at radius 2 is 2.06 bits per heavy atom. The standard InChI is InChI=1S/C15H20N2O/c1-3-4-7-10-17(2)15-13(11-18)12-8-5-6-9-14(12)16-15/h5-6,8-9,11,16H,3-4,7,10H2,1-2H3. The molecule has 0 saturated carbocycles. The minimum atomic E-state index is 0.768. The molecule has 0 saturated heterocycles. The van der Waals surface area contributed by atoms with Crippen molar-refractivity contribution in [1.82, 2.24) is 4.98 Å². The molecule has 0 aliphatic heterocycles. The van der Waals surface area contributed by atoms with E-state index in [9.17, 15) is 4.79 Å². The van der Waals surface area contributed by atoms with Crippen LogP contribution < -0.4 is 4.90 Å². The maximum atomic E-state index is 11.3. The number of rotatable bonds is 6. The molecule has 1 aromatic heterocycles. The van der Waals surface area contributed by atoms with Gasteiger partial charge in [0.2, 0.25) is 0 Å². The van der Waals surface area contributed by atoms with E-state index in [4.69, 9.17) is 0 Å². The van der Waals surface area contributed by atoms with E-state index in [1.165, 1.54) is 12.8 Å². The van der Waals surface area contributed by atoms with Crippen molar-refractivity contribution in [3.63, 3.8) is 0 Å². The molecule has 3 nitrogen and oxygen atoms in total. The van der Waals surface area contributed by atoms with Crippen LogP contribution in [0.15, 0.2) is 24.3 Å². The maximum absolute atomic E-state index is 11.3. The Bertz CT molecular complexity index is 530. The van der Waals surface area contributed by atoms with Crippen LogP contribution in [-0.4, -0.2) is 24.9 Å². The second kappa shape index (κ2) is 5.71. The average Bonchev–Trinajstić information content (AvgIpc) is 2.77. The summed E-state index contributed by atoms with van der Waals surface area (Å²) in [6.07, 6.45) is 4.53. The lowest BCUT2D eigenvalue weighted by Crippen LogP contribution is -2.19. The lowest BCUT2D eigenvalue weighted by atomic mass is 10.2. The third-order valence-corrected chi connectivity index (χ3v) is 3.32. The Kier molecular flexibility index (Phi) is 4.03. The number of anilines is 1. The van der Waals surface area contributed by atoms with E-state index in [1.54, 1.807) is 0 Å². The van der Waals surface area contributed by atoms with E-state index < -0.39 is 0 Å². The van der Waals surface area contributed by atoms with Gasteiger partial charge in [-0.05, 0) is 12.5 Å². The number of H-pyrrole nitrogens is 1. The zero-order chi connectivity index (χ0) is 13.0. The van der Waals surface area contributed by atoms with Gasteiger partial charge in [-0.3, -0.25) is 4.79 Å². The molecule has 2 rings (SSSR count). The van der Waals surface area contributed by atoms with Crippen LogP contribution in [0.4, 0.5) is 5.82 Å². The van der Waals surface area contributed by atoms with Crippen molar-refractivity contribution in [3.05, 3.63) is 29.8 Å². The lowest BCUT2D eigenvalue weighted by molar-refractivity contribution is 0.112. The van der Waals surface area contributed by atoms with Crippen LogP contribution in [0.25, 0.3) is 10.9 Å². The summed E-state index contributed by atoms with van der Waals surface area (Å²) in [5.74, 6) is 0.933. The minimum Gasteiger partial charge on any atom is -0.361 e. The van der Waals surface area contributed by atoms with Crippen molar-refractivity contribution in [2.75, 3.05) is 18.5 Å². The molecule has 1 N–H and O–H groups in total. The van der Waals surface area contributed by atoms with Gasteiger partial charge in [-0.25, -0.2) is 0 Å². The van der Waals surface area contributed by atoms with Gasteiger partial charge in [-0.15, -0.1) is 0 Å². The van der Waals surface area contributed by atoms with Crippen molar-refractivity contribution >= 4 is 23.0 Å². The fourth-order valence-corrected chi connectivity index (χ4v) is 2.28. The molecule has 0 atom stereocenters. The summed E-state index contributed by atoms with van der Waals surface area (Å²) in [5, 5.41) is 1.00. The van der Waals surface area contributed by atoms with Gasteiger partial charge in [0, 0.05) is 24.5 Å². The average molecular weight is 244 g/mol. The minimum absolute atomic E-state index is 0.768. The largest absolute Gasteiger partial charge is 0.361 e. The summed E-state index contributed by atoms with van der Waals surface area (Å²) in [7, 11) is 2.04. The number of nitrogens with zero attached hydrogens (tertiary/aromatic N) is 1. The molecule has 1 heterocycles. The molecule has 96 valence electrons. The van der Waals surface area contributed by atoms with Gasteiger partial charge in [0.25, 0.3) is 0 Å². The fourth-order valence-electron chi connectivity index (χ4n) is 2.28. The van der Waals surface area contributed by atoms with E-state index in [0.29, 0.717) is 0 Å². The van der Waals surface area contributed by atoms with Gasteiger partial charge in [0.15, 0.2) is 6.29 Å². The number of aldehydes is 1. The molecule has 0 bridgehead atoms. The first-order chi connectivity index (χ1) is 8.77. The molecule has 0 spiro atoms. The van der Waals surface area contributed by atoms with Gasteiger partial charge < -0.3 is 9.88 Å². The van der Waals surface area contributed by atoms with Crippen LogP contribution >= 0.6 is 0 Å². The smallest absolute Gasteiger partial charge is 0.154 e. The highest BCUT2D eigenvalue weighted by atomic mass is 16.1. The lowest BCUT2D eigenvalue weighted by Gasteiger charge is -2.17. The second-order valence-electron chi connectivity index (χ2n) is 4.68. The highest BCUT2D eigenvalue weighted by Crippen LogP contribution is 2.26. The number of hydrogen-bond acceptors (Lipinski definition) is 2. The van der Waals surface area contributed by atoms with E-state index in [1.807, 2.05) is 31.3 Å². The predicted octanol–water partition coefficient (Wildman–Crippen LogP) is 3.61. The summed E-state index contributed by atoms with van der Waals surface area (Å²) >= 11 is 0. The highest BCUT2D eigenvalue weighted by Gasteiger charge is 2.13. The van der Waals surface area contributed by atoms with Gasteiger partial charge in [0.05, 0.1) is 5.56 Å². The first-order valence-corrected chi connectivity index (χ1v) is 6.55. The van der Waals surface area contributed by atoms with Crippen molar-refractivity contribution < 1.29 is 4.79 Å². The van der Waals surface area contributed by atoms with Gasteiger partial charge >= 0.3 is 0 Å². The normalized spacial score (nSPS) is 10.8. The maximum Gasteiger partial charge on any atom is 0.154 e. The van der Waals surface area contributed by atoms with Crippen molar-refractivity contribution in [1.29, 1.82) is 0 Å². The Morgan fingerprint density at radius 3 is 2.78 bits per heavy atom. The molecule has 0 aliphatic carbocycles. The van der Waals surface area contributed by atoms with Crippen LogP contribution in [-0.2, 0) is 0 Å². The number of carbonyl (C=O) groups excluding carboxylic acids is 1. The van der Waals surface area contributed by atoms with E-state index in [-0.39, 0.29) is 0 Å². The summed E-state index contributed by atoms with van der Waals surface area (Å²) in [4.78, 5) is 16.8. The number of benzene rings is 1. The molecular weight excluding hydrogens is 224 g/mol. The second-order valence-corrected chi connectivity index (χ2v) is 4.68. The van der Waals surface area contributed by atoms with E-state index in [2.05, 4.69) is 16.8 Å². The SMILES string of the molecule is CCCCCN(C)c1[nH]c2ccccc2c1C=O. The quantitative estimate of drug-likeness (QED) is 0.622. The number of nitrogens with one attached hydrogen (secondary N) is 1. The molecule has 0 radical (unpaired) electrons. The van der Waals surface area contributed by atoms with Gasteiger partial charge in [-0.2, -0.15) is 0 Å². The van der Waals surface area contributed by atoms with Crippen LogP contribution in [0.3, 0.4) is 0 Å². The summed E-state index contributed by atoms with van der Waals surface area (Å²) in [6, 6.07) is 7.93. The Hall–Kier alpha value is -1.77. The van der Waals surface area contributed by atoms with Crippen LogP contribution in [0.5, 0.6) is 0 Å². The van der Waals surface area contributed by atoms with Crippen LogP contribution in [0.1, 0.15) is 36.5 Å². The molecule has 0 fully saturated rings. The van der Waals surface area contributed by atoms with Crippen LogP contribution in [0.2, 0.25) is 0 Å². The van der Waals surface area contributed by atoms with Crippen molar-refractivity contribution in [2.24, 2.45) is 0 Å². The topological polar surface area (TPSA) is 36.1 Å². The highest BCUT2D eigenvalue weighted by molar-refractivity contribution is 6.03. The number of aromatic amines is 1. The Labute approximate surface area is 108 Å². The number of aromatic nitrogens is 1. The molecule has 0 unspecified atom stereocenters. The summed E-state index contributed by atoms with van der Waals surface area (Å²) in [6.45, 7) is 3.17. The fraction of sp³-hybridized carbons (Fsp3) is 0.400. The third-order valence-electron chi connectivity index (χ3n) is 3.32. The Morgan fingerprint density at radius 1 is 1.28 bits per heavy atom. The van der Waals surface area contributed by atoms with Crippen LogP contribution in [0, 0.1) is 0 Å². The molecular formula is C15H20N2O. The van der Waals surface area contributed by atoms with Crippen molar-refractivity contribution in [2.45, 2.75) is 26.2 Å². The zero-order valence-electron chi connectivity index (χ0n) is 11.1. The predicted molar refractivity (Wildman–Crippen MR) is 76.5 cm³/mol. The first-order valence-electron chi connectivity index (χ1n) is 6.55.